The first-order valence-electron chi connectivity index (χ1n) is 4.89. The standard InChI is InChI=1S/C12H15NO/c1-9(14)8-11-5-3-4-10-6-7-13(2)12(10)11/h3-7,9,14H,8H2,1-2H3/t9-/m0/s1. The number of para-hydroxylation sites is 1. The lowest BCUT2D eigenvalue weighted by atomic mass is 10.1. The minimum Gasteiger partial charge on any atom is -0.393 e. The van der Waals surface area contributed by atoms with E-state index in [-0.39, 0.29) is 6.10 Å². The number of fused-ring (bicyclic) bond motifs is 1. The van der Waals surface area contributed by atoms with E-state index in [1.807, 2.05) is 20.0 Å². The van der Waals surface area contributed by atoms with Crippen molar-refractivity contribution in [2.45, 2.75) is 19.4 Å². The fourth-order valence-electron chi connectivity index (χ4n) is 1.93. The SMILES string of the molecule is C[C@H](O)Cc1cccc2ccn(C)c12. The van der Waals surface area contributed by atoms with E-state index in [9.17, 15) is 5.11 Å². The van der Waals surface area contributed by atoms with Gasteiger partial charge >= 0.3 is 0 Å². The van der Waals surface area contributed by atoms with Gasteiger partial charge in [0.25, 0.3) is 0 Å². The van der Waals surface area contributed by atoms with E-state index < -0.39 is 0 Å². The molecule has 0 unspecified atom stereocenters. The molecule has 2 heteroatoms. The highest BCUT2D eigenvalue weighted by molar-refractivity contribution is 5.83. The Morgan fingerprint density at radius 2 is 2.14 bits per heavy atom. The molecule has 2 nitrogen and oxygen atoms in total. The van der Waals surface area contributed by atoms with E-state index >= 15 is 0 Å². The van der Waals surface area contributed by atoms with Gasteiger partial charge in [-0.2, -0.15) is 0 Å². The number of benzene rings is 1. The molecule has 0 bridgehead atoms. The van der Waals surface area contributed by atoms with Crippen LogP contribution in [0.5, 0.6) is 0 Å². The van der Waals surface area contributed by atoms with Crippen LogP contribution in [-0.2, 0) is 13.5 Å². The van der Waals surface area contributed by atoms with Crippen molar-refractivity contribution in [1.82, 2.24) is 4.57 Å². The van der Waals surface area contributed by atoms with Crippen LogP contribution in [0.4, 0.5) is 0 Å². The number of rotatable bonds is 2. The predicted molar refractivity (Wildman–Crippen MR) is 58.3 cm³/mol. The zero-order valence-electron chi connectivity index (χ0n) is 8.57. The van der Waals surface area contributed by atoms with E-state index in [1.54, 1.807) is 0 Å². The summed E-state index contributed by atoms with van der Waals surface area (Å²) in [6.45, 7) is 1.82. The maximum absolute atomic E-state index is 9.38. The molecule has 74 valence electrons. The van der Waals surface area contributed by atoms with Crippen LogP contribution in [-0.4, -0.2) is 15.8 Å². The van der Waals surface area contributed by atoms with Crippen molar-refractivity contribution in [3.05, 3.63) is 36.0 Å². The van der Waals surface area contributed by atoms with Crippen molar-refractivity contribution in [1.29, 1.82) is 0 Å². The average molecular weight is 189 g/mol. The van der Waals surface area contributed by atoms with Crippen molar-refractivity contribution in [3.63, 3.8) is 0 Å². The minimum atomic E-state index is -0.282. The Balaban J connectivity index is 2.57. The Hall–Kier alpha value is -1.28. The van der Waals surface area contributed by atoms with E-state index in [4.69, 9.17) is 0 Å². The van der Waals surface area contributed by atoms with E-state index in [1.165, 1.54) is 16.5 Å². The first kappa shape index (κ1) is 9.28. The third-order valence-corrected chi connectivity index (χ3v) is 2.50. The summed E-state index contributed by atoms with van der Waals surface area (Å²) in [4.78, 5) is 0. The molecule has 0 spiro atoms. The molecule has 0 fully saturated rings. The van der Waals surface area contributed by atoms with Crippen LogP contribution < -0.4 is 0 Å². The van der Waals surface area contributed by atoms with Gasteiger partial charge in [0.05, 0.1) is 11.6 Å². The van der Waals surface area contributed by atoms with Gasteiger partial charge in [0.15, 0.2) is 0 Å². The number of aliphatic hydroxyl groups is 1. The second-order valence-electron chi connectivity index (χ2n) is 3.83. The van der Waals surface area contributed by atoms with Gasteiger partial charge in [-0.15, -0.1) is 0 Å². The van der Waals surface area contributed by atoms with Crippen molar-refractivity contribution in [2.75, 3.05) is 0 Å². The lowest BCUT2D eigenvalue weighted by molar-refractivity contribution is 0.196. The summed E-state index contributed by atoms with van der Waals surface area (Å²) in [5.41, 5.74) is 2.44. The quantitative estimate of drug-likeness (QED) is 0.769. The summed E-state index contributed by atoms with van der Waals surface area (Å²) >= 11 is 0. The van der Waals surface area contributed by atoms with Gasteiger partial charge in [0, 0.05) is 19.7 Å². The van der Waals surface area contributed by atoms with Crippen LogP contribution in [0.15, 0.2) is 30.5 Å². The molecular weight excluding hydrogens is 174 g/mol. The summed E-state index contributed by atoms with van der Waals surface area (Å²) < 4.78 is 2.10. The van der Waals surface area contributed by atoms with E-state index in [2.05, 4.69) is 29.0 Å². The molecule has 2 rings (SSSR count). The zero-order valence-corrected chi connectivity index (χ0v) is 8.57. The Labute approximate surface area is 83.8 Å². The topological polar surface area (TPSA) is 25.2 Å². The lowest BCUT2D eigenvalue weighted by Crippen LogP contribution is -2.05. The van der Waals surface area contributed by atoms with E-state index in [0.717, 1.165) is 6.42 Å². The van der Waals surface area contributed by atoms with Crippen LogP contribution in [0, 0.1) is 0 Å². The molecule has 0 aliphatic heterocycles. The maximum Gasteiger partial charge on any atom is 0.0553 e. The largest absolute Gasteiger partial charge is 0.393 e. The molecule has 1 heterocycles. The summed E-state index contributed by atoms with van der Waals surface area (Å²) in [6, 6.07) is 8.32. The molecule has 0 radical (unpaired) electrons. The van der Waals surface area contributed by atoms with Crippen LogP contribution in [0.3, 0.4) is 0 Å². The number of aryl methyl sites for hydroxylation is 1. The van der Waals surface area contributed by atoms with Crippen molar-refractivity contribution >= 4 is 10.9 Å². The van der Waals surface area contributed by atoms with E-state index in [0.29, 0.717) is 0 Å². The molecule has 2 aromatic rings. The highest BCUT2D eigenvalue weighted by Gasteiger charge is 2.06. The van der Waals surface area contributed by atoms with Gasteiger partial charge in [-0.3, -0.25) is 0 Å². The summed E-state index contributed by atoms with van der Waals surface area (Å²) in [5, 5.41) is 10.6. The highest BCUT2D eigenvalue weighted by Crippen LogP contribution is 2.20. The number of nitrogens with zero attached hydrogens (tertiary/aromatic N) is 1. The first-order valence-corrected chi connectivity index (χ1v) is 4.89. The van der Waals surface area contributed by atoms with Gasteiger partial charge < -0.3 is 9.67 Å². The first-order chi connectivity index (χ1) is 6.68. The molecule has 1 atom stereocenters. The fourth-order valence-corrected chi connectivity index (χ4v) is 1.93. The predicted octanol–water partition coefficient (Wildman–Crippen LogP) is 2.10. The van der Waals surface area contributed by atoms with Gasteiger partial charge in [-0.25, -0.2) is 0 Å². The Morgan fingerprint density at radius 1 is 1.36 bits per heavy atom. The van der Waals surface area contributed by atoms with Crippen molar-refractivity contribution < 1.29 is 5.11 Å². The molecule has 1 aromatic carbocycles. The molecule has 0 aliphatic rings. The van der Waals surface area contributed by atoms with Crippen molar-refractivity contribution in [2.24, 2.45) is 7.05 Å². The summed E-state index contributed by atoms with van der Waals surface area (Å²) in [7, 11) is 2.04. The summed E-state index contributed by atoms with van der Waals surface area (Å²) in [5.74, 6) is 0. The molecule has 14 heavy (non-hydrogen) atoms. The molecule has 1 N–H and O–H groups in total. The Bertz CT molecular complexity index is 443. The fraction of sp³-hybridized carbons (Fsp3) is 0.333. The number of aliphatic hydroxyl groups excluding tert-OH is 1. The minimum absolute atomic E-state index is 0.282. The molecule has 1 aromatic heterocycles. The van der Waals surface area contributed by atoms with Crippen LogP contribution >= 0.6 is 0 Å². The van der Waals surface area contributed by atoms with Crippen molar-refractivity contribution in [3.8, 4) is 0 Å². The summed E-state index contributed by atoms with van der Waals surface area (Å²) in [6.07, 6.45) is 2.49. The number of aromatic nitrogens is 1. The zero-order chi connectivity index (χ0) is 10.1. The Morgan fingerprint density at radius 3 is 2.86 bits per heavy atom. The smallest absolute Gasteiger partial charge is 0.0553 e. The number of hydrogen-bond acceptors (Lipinski definition) is 1. The van der Waals surface area contributed by atoms with Crippen LogP contribution in [0.25, 0.3) is 10.9 Å². The third kappa shape index (κ3) is 1.53. The molecule has 0 amide bonds. The van der Waals surface area contributed by atoms with Crippen LogP contribution in [0.1, 0.15) is 12.5 Å². The molecule has 0 saturated carbocycles. The number of hydrogen-bond donors (Lipinski definition) is 1. The van der Waals surface area contributed by atoms with Gasteiger partial charge in [0.2, 0.25) is 0 Å². The van der Waals surface area contributed by atoms with Gasteiger partial charge in [-0.05, 0) is 23.9 Å². The molecular formula is C12H15NO. The second kappa shape index (κ2) is 3.46. The monoisotopic (exact) mass is 189 g/mol. The Kier molecular flexibility index (Phi) is 2.30. The third-order valence-electron chi connectivity index (χ3n) is 2.50. The average Bonchev–Trinajstić information content (AvgIpc) is 2.48. The normalized spacial score (nSPS) is 13.4. The highest BCUT2D eigenvalue weighted by atomic mass is 16.3. The maximum atomic E-state index is 9.38. The molecule has 0 aliphatic carbocycles. The van der Waals surface area contributed by atoms with Crippen LogP contribution in [0.2, 0.25) is 0 Å². The lowest BCUT2D eigenvalue weighted by Gasteiger charge is -2.07. The van der Waals surface area contributed by atoms with Gasteiger partial charge in [0.1, 0.15) is 0 Å². The van der Waals surface area contributed by atoms with Gasteiger partial charge in [-0.1, -0.05) is 18.2 Å². The second-order valence-corrected chi connectivity index (χ2v) is 3.83. The molecule has 0 saturated heterocycles.